The molecule has 1 atom stereocenters. The molecule has 0 saturated carbocycles. The van der Waals surface area contributed by atoms with Gasteiger partial charge in [-0.3, -0.25) is 9.48 Å². The molecule has 9 heteroatoms. The largest absolute Gasteiger partial charge is 0.355 e. The molecule has 0 N–H and O–H groups in total. The highest BCUT2D eigenvalue weighted by Gasteiger charge is 2.31. The van der Waals surface area contributed by atoms with Gasteiger partial charge in [0.1, 0.15) is 5.82 Å². The molecule has 2 fully saturated rings. The van der Waals surface area contributed by atoms with Crippen molar-refractivity contribution in [3.8, 4) is 0 Å². The maximum Gasteiger partial charge on any atom is 0.255 e. The van der Waals surface area contributed by atoms with Gasteiger partial charge in [-0.2, -0.15) is 5.10 Å². The Labute approximate surface area is 177 Å². The molecule has 4 rings (SSSR count). The second-order valence-electron chi connectivity index (χ2n) is 8.41. The van der Waals surface area contributed by atoms with Gasteiger partial charge in [-0.15, -0.1) is 0 Å². The van der Waals surface area contributed by atoms with E-state index in [0.29, 0.717) is 18.5 Å². The summed E-state index contributed by atoms with van der Waals surface area (Å²) in [6, 6.07) is 3.63. The van der Waals surface area contributed by atoms with Gasteiger partial charge >= 0.3 is 0 Å². The minimum Gasteiger partial charge on any atom is -0.355 e. The standard InChI is InChI=1S/C21H29N5O3S/c1-15-19(16(2)26(23-15)18-8-11-30(28,29)14-18)13-24(3)20-7-6-17(12-22-20)21(27)25-9-4-5-10-25/h6-7,12,18H,4-5,8-11,13-14H2,1-3H3. The molecule has 0 bridgehead atoms. The monoisotopic (exact) mass is 431 g/mol. The molecule has 8 nitrogen and oxygen atoms in total. The minimum atomic E-state index is -2.96. The number of nitrogens with zero attached hydrogens (tertiary/aromatic N) is 5. The Kier molecular flexibility index (Phi) is 5.57. The fourth-order valence-electron chi connectivity index (χ4n) is 4.41. The number of pyridine rings is 1. The molecular weight excluding hydrogens is 402 g/mol. The zero-order chi connectivity index (χ0) is 21.5. The average Bonchev–Trinajstić information content (AvgIpc) is 3.43. The van der Waals surface area contributed by atoms with Gasteiger partial charge < -0.3 is 9.80 Å². The lowest BCUT2D eigenvalue weighted by atomic mass is 10.1. The number of rotatable bonds is 5. The highest BCUT2D eigenvalue weighted by molar-refractivity contribution is 7.91. The van der Waals surface area contributed by atoms with Crippen LogP contribution in [0.15, 0.2) is 18.3 Å². The van der Waals surface area contributed by atoms with Crippen LogP contribution in [0, 0.1) is 13.8 Å². The first kappa shape index (κ1) is 20.8. The Bertz CT molecular complexity index is 1040. The molecule has 2 saturated heterocycles. The average molecular weight is 432 g/mol. The van der Waals surface area contributed by atoms with Gasteiger partial charge in [0.05, 0.1) is 28.8 Å². The van der Waals surface area contributed by atoms with Crippen molar-refractivity contribution < 1.29 is 13.2 Å². The molecule has 0 spiro atoms. The predicted octanol–water partition coefficient (Wildman–Crippen LogP) is 2.13. The second-order valence-corrected chi connectivity index (χ2v) is 10.6. The fourth-order valence-corrected chi connectivity index (χ4v) is 6.10. The zero-order valence-corrected chi connectivity index (χ0v) is 18.7. The molecule has 2 aromatic rings. The minimum absolute atomic E-state index is 0.0497. The van der Waals surface area contributed by atoms with E-state index in [9.17, 15) is 13.2 Å². The summed E-state index contributed by atoms with van der Waals surface area (Å²) in [4.78, 5) is 20.9. The highest BCUT2D eigenvalue weighted by atomic mass is 32.2. The third kappa shape index (κ3) is 4.08. The van der Waals surface area contributed by atoms with Gasteiger partial charge in [0.2, 0.25) is 0 Å². The van der Waals surface area contributed by atoms with E-state index >= 15 is 0 Å². The van der Waals surface area contributed by atoms with Crippen LogP contribution in [-0.4, -0.2) is 65.6 Å². The summed E-state index contributed by atoms with van der Waals surface area (Å²) in [6.07, 6.45) is 4.41. The molecule has 0 aliphatic carbocycles. The molecule has 2 aliphatic heterocycles. The van der Waals surface area contributed by atoms with Gasteiger partial charge in [0.25, 0.3) is 5.91 Å². The number of hydrogen-bond donors (Lipinski definition) is 0. The summed E-state index contributed by atoms with van der Waals surface area (Å²) >= 11 is 0. The quantitative estimate of drug-likeness (QED) is 0.721. The zero-order valence-electron chi connectivity index (χ0n) is 17.8. The first-order valence-electron chi connectivity index (χ1n) is 10.5. The van der Waals surface area contributed by atoms with Crippen molar-refractivity contribution in [2.24, 2.45) is 0 Å². The van der Waals surface area contributed by atoms with Crippen LogP contribution in [0.4, 0.5) is 5.82 Å². The fraction of sp³-hybridized carbons (Fsp3) is 0.571. The van der Waals surface area contributed by atoms with Crippen molar-refractivity contribution in [2.45, 2.75) is 45.7 Å². The van der Waals surface area contributed by atoms with Crippen molar-refractivity contribution >= 4 is 21.6 Å². The summed E-state index contributed by atoms with van der Waals surface area (Å²) in [5, 5.41) is 4.64. The first-order chi connectivity index (χ1) is 14.2. The van der Waals surface area contributed by atoms with Crippen molar-refractivity contribution in [2.75, 3.05) is 36.5 Å². The maximum absolute atomic E-state index is 12.5. The molecule has 4 heterocycles. The number of aryl methyl sites for hydroxylation is 1. The first-order valence-corrected chi connectivity index (χ1v) is 12.3. The number of anilines is 1. The predicted molar refractivity (Wildman–Crippen MR) is 115 cm³/mol. The number of amides is 1. The van der Waals surface area contributed by atoms with E-state index in [0.717, 1.165) is 48.7 Å². The normalized spacial score (nSPS) is 20.6. The molecular formula is C21H29N5O3S. The Hall–Kier alpha value is -2.42. The van der Waals surface area contributed by atoms with Crippen LogP contribution in [-0.2, 0) is 16.4 Å². The number of likely N-dealkylation sites (tertiary alicyclic amines) is 1. The second kappa shape index (κ2) is 8.02. The van der Waals surface area contributed by atoms with Gasteiger partial charge in [-0.05, 0) is 45.2 Å². The van der Waals surface area contributed by atoms with Crippen LogP contribution in [0.25, 0.3) is 0 Å². The highest BCUT2D eigenvalue weighted by Crippen LogP contribution is 2.28. The number of hydrogen-bond acceptors (Lipinski definition) is 6. The van der Waals surface area contributed by atoms with Crippen molar-refractivity contribution in [1.82, 2.24) is 19.7 Å². The van der Waals surface area contributed by atoms with E-state index in [1.54, 1.807) is 6.20 Å². The van der Waals surface area contributed by atoms with E-state index in [2.05, 4.69) is 10.1 Å². The van der Waals surface area contributed by atoms with E-state index in [-0.39, 0.29) is 23.5 Å². The number of aromatic nitrogens is 3. The van der Waals surface area contributed by atoms with E-state index in [1.807, 2.05) is 47.5 Å². The third-order valence-electron chi connectivity index (χ3n) is 6.20. The topological polar surface area (TPSA) is 88.4 Å². The van der Waals surface area contributed by atoms with Crippen LogP contribution in [0.3, 0.4) is 0 Å². The maximum atomic E-state index is 12.5. The number of carbonyl (C=O) groups excluding carboxylic acids is 1. The molecule has 30 heavy (non-hydrogen) atoms. The van der Waals surface area contributed by atoms with Gasteiger partial charge in [0.15, 0.2) is 9.84 Å². The van der Waals surface area contributed by atoms with Crippen LogP contribution >= 0.6 is 0 Å². The molecule has 1 unspecified atom stereocenters. The molecule has 2 aliphatic rings. The Morgan fingerprint density at radius 1 is 1.23 bits per heavy atom. The van der Waals surface area contributed by atoms with Crippen molar-refractivity contribution in [1.29, 1.82) is 0 Å². The van der Waals surface area contributed by atoms with Gasteiger partial charge in [0, 0.05) is 44.1 Å². The number of sulfone groups is 1. The van der Waals surface area contributed by atoms with Gasteiger partial charge in [-0.1, -0.05) is 0 Å². The Balaban J connectivity index is 1.47. The third-order valence-corrected chi connectivity index (χ3v) is 7.95. The van der Waals surface area contributed by atoms with Crippen LogP contribution in [0.2, 0.25) is 0 Å². The molecule has 0 aromatic carbocycles. The molecule has 1 amide bonds. The summed E-state index contributed by atoms with van der Waals surface area (Å²) in [6.45, 7) is 6.22. The van der Waals surface area contributed by atoms with Crippen molar-refractivity contribution in [3.63, 3.8) is 0 Å². The summed E-state index contributed by atoms with van der Waals surface area (Å²) in [5.74, 6) is 1.23. The molecule has 2 aromatic heterocycles. The summed E-state index contributed by atoms with van der Waals surface area (Å²) < 4.78 is 25.6. The Morgan fingerprint density at radius 2 is 1.97 bits per heavy atom. The van der Waals surface area contributed by atoms with Crippen LogP contribution in [0.1, 0.15) is 52.6 Å². The smallest absolute Gasteiger partial charge is 0.255 e. The molecule has 162 valence electrons. The lowest BCUT2D eigenvalue weighted by molar-refractivity contribution is 0.0792. The molecule has 0 radical (unpaired) electrons. The van der Waals surface area contributed by atoms with Gasteiger partial charge in [-0.25, -0.2) is 13.4 Å². The van der Waals surface area contributed by atoms with Crippen molar-refractivity contribution in [3.05, 3.63) is 40.8 Å². The van der Waals surface area contributed by atoms with E-state index in [1.165, 1.54) is 0 Å². The van der Waals surface area contributed by atoms with Crippen LogP contribution in [0.5, 0.6) is 0 Å². The SMILES string of the molecule is Cc1nn(C2CCS(=O)(=O)C2)c(C)c1CN(C)c1ccc(C(=O)N2CCCC2)cn1. The Morgan fingerprint density at radius 3 is 2.57 bits per heavy atom. The lowest BCUT2D eigenvalue weighted by Crippen LogP contribution is -2.27. The summed E-state index contributed by atoms with van der Waals surface area (Å²) in [7, 11) is -1.00. The van der Waals surface area contributed by atoms with Crippen LogP contribution < -0.4 is 4.90 Å². The number of carbonyl (C=O) groups is 1. The van der Waals surface area contributed by atoms with E-state index in [4.69, 9.17) is 0 Å². The summed E-state index contributed by atoms with van der Waals surface area (Å²) in [5.41, 5.74) is 3.62. The van der Waals surface area contributed by atoms with E-state index < -0.39 is 9.84 Å². The lowest BCUT2D eigenvalue weighted by Gasteiger charge is -2.20.